The summed E-state index contributed by atoms with van der Waals surface area (Å²) in [5.41, 5.74) is 8.70. The van der Waals surface area contributed by atoms with Gasteiger partial charge in [-0.15, -0.1) is 0 Å². The van der Waals surface area contributed by atoms with E-state index in [1.54, 1.807) is 0 Å². The molecule has 0 amide bonds. The number of imidazole rings is 1. The molecule has 0 saturated carbocycles. The van der Waals surface area contributed by atoms with Gasteiger partial charge < -0.3 is 0 Å². The zero-order chi connectivity index (χ0) is 33.6. The third kappa shape index (κ3) is 4.19. The number of hydrogen-bond donors (Lipinski definition) is 0. The van der Waals surface area contributed by atoms with Crippen LogP contribution in [0, 0.1) is 0 Å². The second-order valence-electron chi connectivity index (χ2n) is 13.5. The fourth-order valence-electron chi connectivity index (χ4n) is 8.20. The van der Waals surface area contributed by atoms with Gasteiger partial charge in [-0.05, 0) is 102 Å². The summed E-state index contributed by atoms with van der Waals surface area (Å²) in [5.74, 6) is 0. The Bertz CT molecular complexity index is 3280. The van der Waals surface area contributed by atoms with Gasteiger partial charge >= 0.3 is 0 Å². The summed E-state index contributed by atoms with van der Waals surface area (Å²) in [6, 6.07) is 59.9. The van der Waals surface area contributed by atoms with Crippen molar-refractivity contribution < 1.29 is 0 Å². The molecule has 2 aromatic heterocycles. The van der Waals surface area contributed by atoms with Crippen LogP contribution in [0.4, 0.5) is 0 Å². The first-order chi connectivity index (χ1) is 25.2. The fraction of sp³-hybridized carbons (Fsp3) is 0. The van der Waals surface area contributed by atoms with Gasteiger partial charge in [-0.1, -0.05) is 133 Å². The van der Waals surface area contributed by atoms with Gasteiger partial charge in [0.2, 0.25) is 0 Å². The molecule has 51 heavy (non-hydrogen) atoms. The lowest BCUT2D eigenvalue weighted by Crippen LogP contribution is -2.13. The van der Waals surface area contributed by atoms with Crippen molar-refractivity contribution in [3.8, 4) is 33.4 Å². The lowest BCUT2D eigenvalue weighted by atomic mass is 9.93. The summed E-state index contributed by atoms with van der Waals surface area (Å²) in [4.78, 5) is 20.1. The van der Waals surface area contributed by atoms with E-state index in [1.165, 1.54) is 26.9 Å². The first-order valence-electron chi connectivity index (χ1n) is 17.3. The van der Waals surface area contributed by atoms with Crippen molar-refractivity contribution in [2.45, 2.75) is 0 Å². The Kier molecular flexibility index (Phi) is 5.82. The van der Waals surface area contributed by atoms with Crippen LogP contribution in [0.25, 0.3) is 104 Å². The second kappa shape index (κ2) is 10.6. The van der Waals surface area contributed by atoms with Crippen LogP contribution in [0.3, 0.4) is 0 Å². The molecule has 0 aliphatic carbocycles. The number of nitrogens with zero attached hydrogens (tertiary/aromatic N) is 2. The fourth-order valence-corrected chi connectivity index (χ4v) is 8.20. The molecule has 2 heterocycles. The summed E-state index contributed by atoms with van der Waals surface area (Å²) in [6.07, 6.45) is 0. The van der Waals surface area contributed by atoms with Gasteiger partial charge in [-0.25, -0.2) is 4.98 Å². The van der Waals surface area contributed by atoms with Crippen LogP contribution in [0.5, 0.6) is 0 Å². The van der Waals surface area contributed by atoms with Gasteiger partial charge in [-0.2, -0.15) is 0 Å². The maximum atomic E-state index is 14.8. The maximum Gasteiger partial charge on any atom is 0.264 e. The van der Waals surface area contributed by atoms with E-state index < -0.39 is 0 Å². The van der Waals surface area contributed by atoms with Gasteiger partial charge in [0.1, 0.15) is 5.65 Å². The lowest BCUT2D eigenvalue weighted by Gasteiger charge is -2.13. The summed E-state index contributed by atoms with van der Waals surface area (Å²) >= 11 is 0. The van der Waals surface area contributed by atoms with Crippen molar-refractivity contribution in [1.29, 1.82) is 0 Å². The van der Waals surface area contributed by atoms with Crippen molar-refractivity contribution in [2.24, 2.45) is 0 Å². The molecule has 0 radical (unpaired) electrons. The average molecular weight is 649 g/mol. The minimum absolute atomic E-state index is 0.0539. The topological polar surface area (TPSA) is 34.4 Å². The molecular formula is C48H28N2O. The molecule has 0 fully saturated rings. The van der Waals surface area contributed by atoms with E-state index >= 15 is 0 Å². The van der Waals surface area contributed by atoms with E-state index in [-0.39, 0.29) is 5.56 Å². The number of aromatic nitrogens is 2. The number of benzene rings is 9. The average Bonchev–Trinajstić information content (AvgIpc) is 3.59. The van der Waals surface area contributed by atoms with Crippen molar-refractivity contribution in [1.82, 2.24) is 9.38 Å². The van der Waals surface area contributed by atoms with Crippen molar-refractivity contribution in [3.05, 3.63) is 180 Å². The molecule has 11 aromatic rings. The third-order valence-electron chi connectivity index (χ3n) is 10.7. The quantitative estimate of drug-likeness (QED) is 0.191. The summed E-state index contributed by atoms with van der Waals surface area (Å²) in [7, 11) is 0. The van der Waals surface area contributed by atoms with E-state index in [0.29, 0.717) is 11.0 Å². The predicted octanol–water partition coefficient (Wildman–Crippen LogP) is 12.1. The Labute approximate surface area is 292 Å². The Balaban J connectivity index is 1.23. The van der Waals surface area contributed by atoms with Crippen LogP contribution < -0.4 is 5.56 Å². The number of rotatable bonds is 3. The second-order valence-corrected chi connectivity index (χ2v) is 13.5. The van der Waals surface area contributed by atoms with Crippen molar-refractivity contribution in [3.63, 3.8) is 0 Å². The molecule has 11 rings (SSSR count). The molecule has 0 aliphatic rings. The normalized spacial score (nSPS) is 12.0. The highest BCUT2D eigenvalue weighted by Gasteiger charge is 2.21. The molecule has 0 aliphatic heterocycles. The highest BCUT2D eigenvalue weighted by Crippen LogP contribution is 2.40. The third-order valence-corrected chi connectivity index (χ3v) is 10.7. The lowest BCUT2D eigenvalue weighted by molar-refractivity contribution is 1.19. The van der Waals surface area contributed by atoms with Gasteiger partial charge in [-0.3, -0.25) is 9.20 Å². The summed E-state index contributed by atoms with van der Waals surface area (Å²) < 4.78 is 1.86. The van der Waals surface area contributed by atoms with Crippen molar-refractivity contribution in [2.75, 3.05) is 0 Å². The van der Waals surface area contributed by atoms with Gasteiger partial charge in [0.05, 0.1) is 11.0 Å². The molecule has 0 spiro atoms. The van der Waals surface area contributed by atoms with Crippen LogP contribution in [0.15, 0.2) is 175 Å². The minimum atomic E-state index is -0.0539. The Morgan fingerprint density at radius 2 is 0.941 bits per heavy atom. The Morgan fingerprint density at radius 1 is 0.392 bits per heavy atom. The Hall–Kier alpha value is -6.84. The molecule has 0 atom stereocenters. The van der Waals surface area contributed by atoms with E-state index in [0.717, 1.165) is 66.0 Å². The van der Waals surface area contributed by atoms with Crippen LogP contribution >= 0.6 is 0 Å². The predicted molar refractivity (Wildman–Crippen MR) is 214 cm³/mol. The van der Waals surface area contributed by atoms with Gasteiger partial charge in [0, 0.05) is 21.7 Å². The smallest absolute Gasteiger partial charge is 0.264 e. The number of pyridine rings is 1. The molecule has 3 heteroatoms. The van der Waals surface area contributed by atoms with Crippen LogP contribution in [-0.2, 0) is 0 Å². The SMILES string of the molecule is O=c1c2ccc(-c3ccc4ccccc4c3)c3cccc(c32)c2nc3cc(-c4ccc5ccccc5c4)cc(-c4ccc5ccccc5c4)c3n12. The van der Waals surface area contributed by atoms with Crippen LogP contribution in [0.2, 0.25) is 0 Å². The molecule has 0 unspecified atom stereocenters. The zero-order valence-electron chi connectivity index (χ0n) is 27.5. The summed E-state index contributed by atoms with van der Waals surface area (Å²) in [6.45, 7) is 0. The Morgan fingerprint density at radius 3 is 1.59 bits per heavy atom. The van der Waals surface area contributed by atoms with Crippen LogP contribution in [-0.4, -0.2) is 9.38 Å². The van der Waals surface area contributed by atoms with E-state index in [9.17, 15) is 4.79 Å². The van der Waals surface area contributed by atoms with E-state index in [2.05, 4.69) is 164 Å². The molecular weight excluding hydrogens is 621 g/mol. The largest absolute Gasteiger partial charge is 0.268 e. The zero-order valence-corrected chi connectivity index (χ0v) is 27.5. The first-order valence-corrected chi connectivity index (χ1v) is 17.3. The highest BCUT2D eigenvalue weighted by atomic mass is 16.1. The molecule has 0 saturated heterocycles. The minimum Gasteiger partial charge on any atom is -0.268 e. The van der Waals surface area contributed by atoms with Gasteiger partial charge in [0.25, 0.3) is 5.56 Å². The van der Waals surface area contributed by atoms with E-state index in [4.69, 9.17) is 4.98 Å². The molecule has 9 aromatic carbocycles. The number of hydrogen-bond acceptors (Lipinski definition) is 2. The standard InChI is InChI=1S/C48H28N2O/c51-48-42-23-22-39(36-20-17-30-9-2-5-12-33(30)25-36)40-14-7-15-41(45(40)42)47-49-44-28-38(35-19-16-29-8-1-4-11-32(29)24-35)27-43(46(44)50(47)48)37-21-18-31-10-3-6-13-34(31)26-37/h1-28H. The van der Waals surface area contributed by atoms with Crippen molar-refractivity contribution >= 4 is 70.5 Å². The molecule has 3 nitrogen and oxygen atoms in total. The highest BCUT2D eigenvalue weighted by molar-refractivity contribution is 6.20. The van der Waals surface area contributed by atoms with Crippen LogP contribution in [0.1, 0.15) is 0 Å². The monoisotopic (exact) mass is 648 g/mol. The summed E-state index contributed by atoms with van der Waals surface area (Å²) in [5, 5.41) is 10.8. The molecule has 0 N–H and O–H groups in total. The molecule has 0 bridgehead atoms. The van der Waals surface area contributed by atoms with E-state index in [1.807, 2.05) is 10.5 Å². The first kappa shape index (κ1) is 28.0. The number of fused-ring (bicyclic) bond motifs is 7. The maximum absolute atomic E-state index is 14.8. The van der Waals surface area contributed by atoms with Gasteiger partial charge in [0.15, 0.2) is 0 Å². The molecule has 236 valence electrons.